The van der Waals surface area contributed by atoms with Gasteiger partial charge in [-0.15, -0.1) is 11.8 Å². The highest BCUT2D eigenvalue weighted by molar-refractivity contribution is 7.99. The summed E-state index contributed by atoms with van der Waals surface area (Å²) in [5.41, 5.74) is 5.94. The van der Waals surface area contributed by atoms with Crippen molar-refractivity contribution >= 4 is 23.9 Å². The minimum atomic E-state index is -0.0840. The summed E-state index contributed by atoms with van der Waals surface area (Å²) in [6.07, 6.45) is 1.65. The van der Waals surface area contributed by atoms with Crippen molar-refractivity contribution in [3.63, 3.8) is 0 Å². The number of hydrogen-bond acceptors (Lipinski definition) is 3. The largest absolute Gasteiger partial charge is 0.272 e. The molecule has 0 aliphatic rings. The molecule has 0 bridgehead atoms. The number of benzene rings is 2. The van der Waals surface area contributed by atoms with Crippen molar-refractivity contribution in [2.75, 3.05) is 5.75 Å². The van der Waals surface area contributed by atoms with Gasteiger partial charge in [0, 0.05) is 5.75 Å². The molecule has 0 aliphatic heterocycles. The Morgan fingerprint density at radius 3 is 2.57 bits per heavy atom. The molecule has 0 spiro atoms. The number of hydrazone groups is 1. The summed E-state index contributed by atoms with van der Waals surface area (Å²) in [7, 11) is 0. The van der Waals surface area contributed by atoms with Gasteiger partial charge in [0.05, 0.1) is 12.0 Å². The maximum Gasteiger partial charge on any atom is 0.250 e. The number of thioether (sulfide) groups is 1. The zero-order chi connectivity index (χ0) is 14.9. The number of nitrogens with zero attached hydrogens (tertiary/aromatic N) is 1. The summed E-state index contributed by atoms with van der Waals surface area (Å²) in [5.74, 6) is 1.15. The van der Waals surface area contributed by atoms with Crippen LogP contribution >= 0.6 is 11.8 Å². The third-order valence-corrected chi connectivity index (χ3v) is 3.83. The average molecular weight is 298 g/mol. The van der Waals surface area contributed by atoms with Gasteiger partial charge < -0.3 is 0 Å². The molecule has 0 fully saturated rings. The van der Waals surface area contributed by atoms with E-state index in [4.69, 9.17) is 0 Å². The fraction of sp³-hybridized carbons (Fsp3) is 0.176. The Balaban J connectivity index is 1.69. The van der Waals surface area contributed by atoms with Gasteiger partial charge in [-0.2, -0.15) is 5.10 Å². The summed E-state index contributed by atoms with van der Waals surface area (Å²) >= 11 is 1.58. The highest BCUT2D eigenvalue weighted by Gasteiger charge is 2.00. The lowest BCUT2D eigenvalue weighted by molar-refractivity contribution is -0.118. The van der Waals surface area contributed by atoms with Gasteiger partial charge in [0.25, 0.3) is 0 Å². The van der Waals surface area contributed by atoms with Crippen molar-refractivity contribution in [3.05, 3.63) is 71.3 Å². The van der Waals surface area contributed by atoms with Crippen LogP contribution in [0.1, 0.15) is 16.7 Å². The second-order valence-corrected chi connectivity index (χ2v) is 5.67. The van der Waals surface area contributed by atoms with E-state index in [-0.39, 0.29) is 5.91 Å². The number of amides is 1. The summed E-state index contributed by atoms with van der Waals surface area (Å²) in [6.45, 7) is 2.03. The predicted octanol–water partition coefficient (Wildman–Crippen LogP) is 3.38. The number of carbonyl (C=O) groups excluding carboxylic acids is 1. The number of rotatable bonds is 6. The van der Waals surface area contributed by atoms with Crippen molar-refractivity contribution in [2.24, 2.45) is 5.10 Å². The summed E-state index contributed by atoms with van der Waals surface area (Å²) in [5, 5.41) is 3.96. The van der Waals surface area contributed by atoms with E-state index in [1.54, 1.807) is 18.0 Å². The van der Waals surface area contributed by atoms with Gasteiger partial charge in [-0.25, -0.2) is 5.43 Å². The van der Waals surface area contributed by atoms with Crippen LogP contribution in [-0.2, 0) is 10.5 Å². The second-order valence-electron chi connectivity index (χ2n) is 4.68. The molecule has 2 aromatic carbocycles. The number of hydrogen-bond donors (Lipinski definition) is 1. The van der Waals surface area contributed by atoms with Crippen LogP contribution in [-0.4, -0.2) is 17.9 Å². The van der Waals surface area contributed by atoms with Crippen molar-refractivity contribution in [1.29, 1.82) is 0 Å². The maximum absolute atomic E-state index is 11.6. The van der Waals surface area contributed by atoms with E-state index >= 15 is 0 Å². The monoisotopic (exact) mass is 298 g/mol. The van der Waals surface area contributed by atoms with Gasteiger partial charge in [0.2, 0.25) is 5.91 Å². The summed E-state index contributed by atoms with van der Waals surface area (Å²) < 4.78 is 0. The first-order valence-corrected chi connectivity index (χ1v) is 7.90. The molecule has 2 rings (SSSR count). The van der Waals surface area contributed by atoms with Gasteiger partial charge in [-0.3, -0.25) is 4.79 Å². The van der Waals surface area contributed by atoms with Crippen LogP contribution in [0.5, 0.6) is 0 Å². The maximum atomic E-state index is 11.6. The first-order chi connectivity index (χ1) is 10.2. The zero-order valence-electron chi connectivity index (χ0n) is 12.0. The average Bonchev–Trinajstić information content (AvgIpc) is 2.50. The Morgan fingerprint density at radius 2 is 1.86 bits per heavy atom. The van der Waals surface area contributed by atoms with Gasteiger partial charge >= 0.3 is 0 Å². The highest BCUT2D eigenvalue weighted by Crippen LogP contribution is 2.10. The molecule has 3 nitrogen and oxygen atoms in total. The van der Waals surface area contributed by atoms with E-state index in [0.717, 1.165) is 11.3 Å². The van der Waals surface area contributed by atoms with E-state index in [1.165, 1.54) is 11.1 Å². The van der Waals surface area contributed by atoms with Crippen LogP contribution in [0, 0.1) is 6.92 Å². The zero-order valence-corrected chi connectivity index (χ0v) is 12.8. The third kappa shape index (κ3) is 5.83. The molecule has 21 heavy (non-hydrogen) atoms. The van der Waals surface area contributed by atoms with Crippen LogP contribution in [0.15, 0.2) is 59.7 Å². The molecule has 0 atom stereocenters. The fourth-order valence-corrected chi connectivity index (χ4v) is 2.48. The molecule has 0 saturated carbocycles. The second kappa shape index (κ2) is 8.27. The normalized spacial score (nSPS) is 10.7. The number of nitrogens with one attached hydrogen (secondary N) is 1. The Labute approximate surface area is 129 Å². The molecule has 0 heterocycles. The summed E-state index contributed by atoms with van der Waals surface area (Å²) in [6, 6.07) is 18.1. The van der Waals surface area contributed by atoms with Gasteiger partial charge in [-0.1, -0.05) is 60.2 Å². The number of aryl methyl sites for hydroxylation is 1. The molecular weight excluding hydrogens is 280 g/mol. The molecule has 108 valence electrons. The van der Waals surface area contributed by atoms with E-state index in [2.05, 4.69) is 22.7 Å². The minimum absolute atomic E-state index is 0.0840. The Kier molecular flexibility index (Phi) is 6.03. The van der Waals surface area contributed by atoms with Crippen LogP contribution in [0.3, 0.4) is 0 Å². The Morgan fingerprint density at radius 1 is 1.14 bits per heavy atom. The third-order valence-electron chi connectivity index (χ3n) is 2.82. The first-order valence-electron chi connectivity index (χ1n) is 6.74. The van der Waals surface area contributed by atoms with Gasteiger partial charge in [0.1, 0.15) is 0 Å². The SMILES string of the molecule is Cc1ccc(/C=N\NC(=O)CSCc2ccccc2)cc1. The molecule has 0 unspecified atom stereocenters. The molecule has 0 aliphatic carbocycles. The molecule has 0 saturated heterocycles. The molecule has 1 N–H and O–H groups in total. The van der Waals surface area contributed by atoms with E-state index in [9.17, 15) is 4.79 Å². The van der Waals surface area contributed by atoms with Crippen LogP contribution in [0.2, 0.25) is 0 Å². The van der Waals surface area contributed by atoms with Crippen LogP contribution in [0.25, 0.3) is 0 Å². The quantitative estimate of drug-likeness (QED) is 0.656. The minimum Gasteiger partial charge on any atom is -0.272 e. The Hall–Kier alpha value is -2.07. The molecule has 1 amide bonds. The van der Waals surface area contributed by atoms with Crippen LogP contribution in [0.4, 0.5) is 0 Å². The molecule has 4 heteroatoms. The lowest BCUT2D eigenvalue weighted by Gasteiger charge is -2.01. The lowest BCUT2D eigenvalue weighted by Crippen LogP contribution is -2.19. The molecular formula is C17H18N2OS. The predicted molar refractivity (Wildman–Crippen MR) is 89.5 cm³/mol. The molecule has 2 aromatic rings. The van der Waals surface area contributed by atoms with Gasteiger partial charge in [0.15, 0.2) is 0 Å². The van der Waals surface area contributed by atoms with Crippen molar-refractivity contribution < 1.29 is 4.79 Å². The van der Waals surface area contributed by atoms with E-state index < -0.39 is 0 Å². The standard InChI is InChI=1S/C17H18N2OS/c1-14-7-9-15(10-8-14)11-18-19-17(20)13-21-12-16-5-3-2-4-6-16/h2-11H,12-13H2,1H3,(H,19,20)/b18-11-. The summed E-state index contributed by atoms with van der Waals surface area (Å²) in [4.78, 5) is 11.6. The van der Waals surface area contributed by atoms with Gasteiger partial charge in [-0.05, 0) is 18.1 Å². The van der Waals surface area contributed by atoms with Crippen LogP contribution < -0.4 is 5.43 Å². The van der Waals surface area contributed by atoms with E-state index in [0.29, 0.717) is 5.75 Å². The fourth-order valence-electron chi connectivity index (χ4n) is 1.70. The smallest absolute Gasteiger partial charge is 0.250 e. The van der Waals surface area contributed by atoms with Crippen molar-refractivity contribution in [1.82, 2.24) is 5.43 Å². The van der Waals surface area contributed by atoms with E-state index in [1.807, 2.05) is 49.4 Å². The molecule has 0 aromatic heterocycles. The lowest BCUT2D eigenvalue weighted by atomic mass is 10.2. The Bertz CT molecular complexity index is 594. The number of carbonyl (C=O) groups is 1. The first kappa shape index (κ1) is 15.3. The topological polar surface area (TPSA) is 41.5 Å². The molecule has 0 radical (unpaired) electrons. The highest BCUT2D eigenvalue weighted by atomic mass is 32.2. The van der Waals surface area contributed by atoms with Crippen molar-refractivity contribution in [2.45, 2.75) is 12.7 Å². The van der Waals surface area contributed by atoms with Crippen molar-refractivity contribution in [3.8, 4) is 0 Å².